The molecule has 34 heavy (non-hydrogen) atoms. The molecule has 3 rings (SSSR count). The first-order valence-corrected chi connectivity index (χ1v) is 13.0. The van der Waals surface area contributed by atoms with Crippen LogP contribution in [0.3, 0.4) is 0 Å². The summed E-state index contributed by atoms with van der Waals surface area (Å²) in [4.78, 5) is 15.3. The Bertz CT molecular complexity index is 930. The lowest BCUT2D eigenvalue weighted by Gasteiger charge is -2.27. The quantitative estimate of drug-likeness (QED) is 0.552. The lowest BCUT2D eigenvalue weighted by atomic mass is 9.92. The zero-order valence-electron chi connectivity index (χ0n) is 22.0. The van der Waals surface area contributed by atoms with E-state index in [1.54, 1.807) is 0 Å². The van der Waals surface area contributed by atoms with Gasteiger partial charge in [-0.25, -0.2) is 0 Å². The molecule has 1 aliphatic rings. The number of carbonyl (C=O) groups excluding carboxylic acids is 1. The molecule has 1 amide bonds. The molecule has 0 aliphatic carbocycles. The normalized spacial score (nSPS) is 15.8. The number of nitrogens with zero attached hydrogens (tertiary/aromatic N) is 1. The zero-order valence-corrected chi connectivity index (χ0v) is 22.0. The zero-order chi connectivity index (χ0) is 24.6. The lowest BCUT2D eigenvalue weighted by molar-refractivity contribution is 0.0949. The molecule has 0 atom stereocenters. The van der Waals surface area contributed by atoms with Gasteiger partial charge in [0.25, 0.3) is 5.91 Å². The Morgan fingerprint density at radius 2 is 1.85 bits per heavy atom. The molecule has 0 radical (unpaired) electrons. The van der Waals surface area contributed by atoms with E-state index in [1.165, 1.54) is 24.0 Å². The molecule has 186 valence electrons. The van der Waals surface area contributed by atoms with Crippen molar-refractivity contribution in [2.45, 2.75) is 73.3 Å². The lowest BCUT2D eigenvalue weighted by Crippen LogP contribution is -2.28. The second kappa shape index (κ2) is 12.4. The molecule has 0 saturated heterocycles. The summed E-state index contributed by atoms with van der Waals surface area (Å²) < 4.78 is 6.21. The van der Waals surface area contributed by atoms with Crippen molar-refractivity contribution in [3.8, 4) is 5.75 Å². The third-order valence-corrected chi connectivity index (χ3v) is 6.34. The largest absolute Gasteiger partial charge is 0.493 e. The van der Waals surface area contributed by atoms with Gasteiger partial charge < -0.3 is 10.1 Å². The van der Waals surface area contributed by atoms with E-state index in [2.05, 4.69) is 69.1 Å². The van der Waals surface area contributed by atoms with Crippen molar-refractivity contribution >= 4 is 5.91 Å². The molecular weight excluding hydrogens is 420 g/mol. The van der Waals surface area contributed by atoms with Crippen LogP contribution in [-0.4, -0.2) is 37.0 Å². The van der Waals surface area contributed by atoms with Crippen LogP contribution < -0.4 is 10.1 Å². The highest BCUT2D eigenvalue weighted by molar-refractivity contribution is 5.94. The molecule has 0 aromatic heterocycles. The van der Waals surface area contributed by atoms with Crippen LogP contribution in [0.1, 0.15) is 87.4 Å². The molecule has 0 saturated carbocycles. The molecule has 4 heteroatoms. The van der Waals surface area contributed by atoms with Crippen molar-refractivity contribution in [3.63, 3.8) is 0 Å². The van der Waals surface area contributed by atoms with Gasteiger partial charge in [-0.15, -0.1) is 0 Å². The highest BCUT2D eigenvalue weighted by Crippen LogP contribution is 2.26. The average Bonchev–Trinajstić information content (AvgIpc) is 2.77. The summed E-state index contributed by atoms with van der Waals surface area (Å²) in [7, 11) is 0. The fourth-order valence-electron chi connectivity index (χ4n) is 4.27. The second-order valence-corrected chi connectivity index (χ2v) is 11.4. The van der Waals surface area contributed by atoms with Gasteiger partial charge in [0.15, 0.2) is 0 Å². The summed E-state index contributed by atoms with van der Waals surface area (Å²) in [5.74, 6) is 1.31. The number of amides is 1. The van der Waals surface area contributed by atoms with Crippen molar-refractivity contribution in [1.82, 2.24) is 10.2 Å². The van der Waals surface area contributed by atoms with Gasteiger partial charge in [0.05, 0.1) is 6.61 Å². The minimum atomic E-state index is -0.0147. The van der Waals surface area contributed by atoms with E-state index in [0.29, 0.717) is 30.0 Å². The van der Waals surface area contributed by atoms with Crippen LogP contribution in [0, 0.1) is 11.3 Å². The van der Waals surface area contributed by atoms with Crippen molar-refractivity contribution < 1.29 is 9.53 Å². The van der Waals surface area contributed by atoms with Crippen LogP contribution in [-0.2, 0) is 13.0 Å². The smallest absolute Gasteiger partial charge is 0.251 e. The minimum absolute atomic E-state index is 0.0147. The molecule has 1 aliphatic heterocycles. The number of hydrogen-bond acceptors (Lipinski definition) is 3. The van der Waals surface area contributed by atoms with Gasteiger partial charge in [-0.2, -0.15) is 0 Å². The van der Waals surface area contributed by atoms with E-state index in [-0.39, 0.29) is 5.91 Å². The van der Waals surface area contributed by atoms with Crippen LogP contribution in [0.4, 0.5) is 0 Å². The van der Waals surface area contributed by atoms with Crippen LogP contribution in [0.25, 0.3) is 0 Å². The van der Waals surface area contributed by atoms with Gasteiger partial charge in [-0.05, 0) is 85.0 Å². The van der Waals surface area contributed by atoms with E-state index in [9.17, 15) is 4.79 Å². The van der Waals surface area contributed by atoms with Crippen LogP contribution in [0.15, 0.2) is 42.5 Å². The Morgan fingerprint density at radius 1 is 1.06 bits per heavy atom. The molecule has 0 fully saturated rings. The predicted octanol–water partition coefficient (Wildman–Crippen LogP) is 6.46. The van der Waals surface area contributed by atoms with E-state index in [1.807, 2.05) is 18.2 Å². The summed E-state index contributed by atoms with van der Waals surface area (Å²) in [6.45, 7) is 15.8. The van der Waals surface area contributed by atoms with Crippen LogP contribution in [0.5, 0.6) is 5.75 Å². The highest BCUT2D eigenvalue weighted by Gasteiger charge is 2.16. The van der Waals surface area contributed by atoms with Gasteiger partial charge in [0.1, 0.15) is 5.75 Å². The fraction of sp³-hybridized carbons (Fsp3) is 0.567. The Labute approximate surface area is 207 Å². The monoisotopic (exact) mass is 464 g/mol. The Kier molecular flexibility index (Phi) is 9.58. The van der Waals surface area contributed by atoms with E-state index >= 15 is 0 Å². The summed E-state index contributed by atoms with van der Waals surface area (Å²) >= 11 is 0. The van der Waals surface area contributed by atoms with Crippen molar-refractivity contribution in [2.24, 2.45) is 11.3 Å². The Hall–Kier alpha value is -2.33. The molecule has 2 aromatic rings. The van der Waals surface area contributed by atoms with Crippen molar-refractivity contribution in [2.75, 3.05) is 26.2 Å². The molecule has 1 N–H and O–H groups in total. The molecular formula is C30H44N2O2. The number of rotatable bonds is 5. The first kappa shape index (κ1) is 26.3. The maximum Gasteiger partial charge on any atom is 0.251 e. The van der Waals surface area contributed by atoms with Crippen molar-refractivity contribution in [3.05, 3.63) is 64.7 Å². The first-order chi connectivity index (χ1) is 16.2. The van der Waals surface area contributed by atoms with Crippen molar-refractivity contribution in [1.29, 1.82) is 0 Å². The number of nitrogens with one attached hydrogen (secondary N) is 1. The SMILES string of the molecule is CC(C)CNC(=O)c1ccc2c(c1)Cc1cccc(c1)CN(CCC(C)(C)C)CCCCCO2. The first-order valence-electron chi connectivity index (χ1n) is 13.0. The van der Waals surface area contributed by atoms with Gasteiger partial charge in [0, 0.05) is 25.1 Å². The van der Waals surface area contributed by atoms with Crippen LogP contribution >= 0.6 is 0 Å². The number of fused-ring (bicyclic) bond motifs is 3. The van der Waals surface area contributed by atoms with E-state index in [0.717, 1.165) is 50.2 Å². The molecule has 4 nitrogen and oxygen atoms in total. The Balaban J connectivity index is 1.82. The molecule has 0 spiro atoms. The van der Waals surface area contributed by atoms with Gasteiger partial charge in [0.2, 0.25) is 0 Å². The summed E-state index contributed by atoms with van der Waals surface area (Å²) in [5.41, 5.74) is 4.74. The maximum atomic E-state index is 12.7. The topological polar surface area (TPSA) is 41.6 Å². The molecule has 2 aromatic carbocycles. The standard InChI is InChI=1S/C30H44N2O2/c1-23(2)21-31-29(33)26-12-13-28-27(20-26)19-24-10-9-11-25(18-24)22-32(16-14-30(3,4)5)15-7-6-8-17-34-28/h9-13,18,20,23H,6-8,14-17,19,21-22H2,1-5H3,(H,31,33). The predicted molar refractivity (Wildman–Crippen MR) is 142 cm³/mol. The summed E-state index contributed by atoms with van der Waals surface area (Å²) in [5, 5.41) is 3.04. The summed E-state index contributed by atoms with van der Waals surface area (Å²) in [6.07, 6.45) is 5.36. The number of hydrogen-bond donors (Lipinski definition) is 1. The number of benzene rings is 2. The number of ether oxygens (including phenoxy) is 1. The van der Waals surface area contributed by atoms with E-state index < -0.39 is 0 Å². The molecule has 1 heterocycles. The maximum absolute atomic E-state index is 12.7. The minimum Gasteiger partial charge on any atom is -0.493 e. The second-order valence-electron chi connectivity index (χ2n) is 11.4. The molecule has 0 unspecified atom stereocenters. The third kappa shape index (κ3) is 8.79. The van der Waals surface area contributed by atoms with Gasteiger partial charge in [-0.1, -0.05) is 58.9 Å². The highest BCUT2D eigenvalue weighted by atomic mass is 16.5. The van der Waals surface area contributed by atoms with E-state index in [4.69, 9.17) is 4.74 Å². The fourth-order valence-corrected chi connectivity index (χ4v) is 4.27. The number of carbonyl (C=O) groups is 1. The summed E-state index contributed by atoms with van der Waals surface area (Å²) in [6, 6.07) is 14.8. The third-order valence-electron chi connectivity index (χ3n) is 6.34. The van der Waals surface area contributed by atoms with Gasteiger partial charge in [-0.3, -0.25) is 9.69 Å². The Morgan fingerprint density at radius 3 is 2.62 bits per heavy atom. The van der Waals surface area contributed by atoms with Gasteiger partial charge >= 0.3 is 0 Å². The average molecular weight is 465 g/mol. The van der Waals surface area contributed by atoms with Crippen LogP contribution in [0.2, 0.25) is 0 Å². The molecule has 2 bridgehead atoms.